The summed E-state index contributed by atoms with van der Waals surface area (Å²) < 4.78 is 13.3. The molecule has 2 N–H and O–H groups in total. The number of hydrogen-bond acceptors (Lipinski definition) is 4. The van der Waals surface area contributed by atoms with Gasteiger partial charge in [0.15, 0.2) is 0 Å². The van der Waals surface area contributed by atoms with Crippen molar-refractivity contribution in [3.8, 4) is 11.1 Å². The Balaban J connectivity index is 1.47. The summed E-state index contributed by atoms with van der Waals surface area (Å²) in [6.07, 6.45) is 3.51. The van der Waals surface area contributed by atoms with Gasteiger partial charge in [-0.15, -0.1) is 0 Å². The second-order valence-electron chi connectivity index (χ2n) is 6.84. The monoisotopic (exact) mass is 398 g/mol. The van der Waals surface area contributed by atoms with Gasteiger partial charge in [0.1, 0.15) is 5.82 Å². The highest BCUT2D eigenvalue weighted by Gasteiger charge is 2.08. The Morgan fingerprint density at radius 1 is 0.833 bits per heavy atom. The molecule has 3 aromatic carbocycles. The molecule has 0 aliphatic carbocycles. The van der Waals surface area contributed by atoms with Crippen LogP contribution in [0.1, 0.15) is 15.9 Å². The highest BCUT2D eigenvalue weighted by molar-refractivity contribution is 6.04. The van der Waals surface area contributed by atoms with Gasteiger partial charge in [-0.05, 0) is 48.9 Å². The summed E-state index contributed by atoms with van der Waals surface area (Å²) in [6.45, 7) is 2.04. The van der Waals surface area contributed by atoms with Crippen LogP contribution in [0.4, 0.5) is 21.7 Å². The van der Waals surface area contributed by atoms with Crippen molar-refractivity contribution in [1.29, 1.82) is 0 Å². The quantitative estimate of drug-likeness (QED) is 0.460. The maximum absolute atomic E-state index is 13.3. The topological polar surface area (TPSA) is 66.9 Å². The molecule has 4 aromatic rings. The Morgan fingerprint density at radius 2 is 1.57 bits per heavy atom. The van der Waals surface area contributed by atoms with E-state index in [4.69, 9.17) is 0 Å². The fourth-order valence-corrected chi connectivity index (χ4v) is 3.00. The molecular formula is C24H19FN4O. The molecule has 0 aliphatic rings. The van der Waals surface area contributed by atoms with Crippen molar-refractivity contribution >= 4 is 23.2 Å². The number of anilines is 3. The third-order valence-electron chi connectivity index (χ3n) is 4.47. The number of halogens is 1. The van der Waals surface area contributed by atoms with Crippen LogP contribution >= 0.6 is 0 Å². The molecule has 0 saturated carbocycles. The summed E-state index contributed by atoms with van der Waals surface area (Å²) in [6, 6.07) is 20.8. The summed E-state index contributed by atoms with van der Waals surface area (Å²) in [7, 11) is 0. The van der Waals surface area contributed by atoms with Gasteiger partial charge in [-0.2, -0.15) is 0 Å². The van der Waals surface area contributed by atoms with Gasteiger partial charge in [-0.25, -0.2) is 14.4 Å². The zero-order valence-electron chi connectivity index (χ0n) is 16.3. The number of benzene rings is 3. The number of aryl methyl sites for hydroxylation is 1. The highest BCUT2D eigenvalue weighted by Crippen LogP contribution is 2.21. The molecule has 0 bridgehead atoms. The molecule has 0 unspecified atom stereocenters. The molecule has 5 nitrogen and oxygen atoms in total. The molecule has 4 rings (SSSR count). The smallest absolute Gasteiger partial charge is 0.255 e. The maximum Gasteiger partial charge on any atom is 0.255 e. The molecule has 30 heavy (non-hydrogen) atoms. The largest absolute Gasteiger partial charge is 0.324 e. The molecule has 0 saturated heterocycles. The first kappa shape index (κ1) is 19.3. The molecule has 0 radical (unpaired) electrons. The van der Waals surface area contributed by atoms with Gasteiger partial charge in [-0.1, -0.05) is 42.0 Å². The second-order valence-corrected chi connectivity index (χ2v) is 6.84. The lowest BCUT2D eigenvalue weighted by atomic mass is 10.1. The summed E-state index contributed by atoms with van der Waals surface area (Å²) in [5.74, 6) is -0.316. The maximum atomic E-state index is 13.3. The lowest BCUT2D eigenvalue weighted by Crippen LogP contribution is -2.12. The van der Waals surface area contributed by atoms with Crippen LogP contribution in [-0.4, -0.2) is 15.9 Å². The van der Waals surface area contributed by atoms with Crippen molar-refractivity contribution in [1.82, 2.24) is 9.97 Å². The molecule has 0 aliphatic heterocycles. The zero-order valence-corrected chi connectivity index (χ0v) is 16.3. The minimum atomic E-state index is -0.408. The standard InChI is InChI=1S/C24H19FN4O/c1-16-5-2-6-17(11-16)19-14-26-24(27-15-19)29-21-9-3-7-18(12-21)23(30)28-22-10-4-8-20(25)13-22/h2-15H,1H3,(H,28,30)(H,26,27,29). The SMILES string of the molecule is Cc1cccc(-c2cnc(Nc3cccc(C(=O)Nc4cccc(F)c4)c3)nc2)c1. The number of aromatic nitrogens is 2. The van der Waals surface area contributed by atoms with Crippen LogP contribution in [0.3, 0.4) is 0 Å². The number of carbonyl (C=O) groups is 1. The van der Waals surface area contributed by atoms with Crippen LogP contribution in [0.2, 0.25) is 0 Å². The van der Waals surface area contributed by atoms with E-state index in [1.807, 2.05) is 31.2 Å². The first-order valence-corrected chi connectivity index (χ1v) is 9.40. The van der Waals surface area contributed by atoms with Crippen LogP contribution in [-0.2, 0) is 0 Å². The third kappa shape index (κ3) is 4.67. The lowest BCUT2D eigenvalue weighted by molar-refractivity contribution is 0.102. The second kappa shape index (κ2) is 8.53. The van der Waals surface area contributed by atoms with E-state index in [-0.39, 0.29) is 5.91 Å². The third-order valence-corrected chi connectivity index (χ3v) is 4.47. The number of hydrogen-bond donors (Lipinski definition) is 2. The molecule has 0 spiro atoms. The molecule has 0 fully saturated rings. The summed E-state index contributed by atoms with van der Waals surface area (Å²) in [5.41, 5.74) is 4.65. The number of nitrogens with one attached hydrogen (secondary N) is 2. The average molecular weight is 398 g/mol. The Morgan fingerprint density at radius 3 is 2.33 bits per heavy atom. The fourth-order valence-electron chi connectivity index (χ4n) is 3.00. The van der Waals surface area contributed by atoms with Gasteiger partial charge in [0.25, 0.3) is 5.91 Å². The van der Waals surface area contributed by atoms with Gasteiger partial charge >= 0.3 is 0 Å². The van der Waals surface area contributed by atoms with E-state index in [1.54, 1.807) is 42.7 Å². The molecule has 1 heterocycles. The van der Waals surface area contributed by atoms with Crippen LogP contribution in [0.25, 0.3) is 11.1 Å². The number of rotatable bonds is 5. The highest BCUT2D eigenvalue weighted by atomic mass is 19.1. The van der Waals surface area contributed by atoms with Crippen molar-refractivity contribution in [2.45, 2.75) is 6.92 Å². The van der Waals surface area contributed by atoms with Gasteiger partial charge in [0.05, 0.1) is 0 Å². The molecule has 0 atom stereocenters. The van der Waals surface area contributed by atoms with Gasteiger partial charge in [-0.3, -0.25) is 4.79 Å². The summed E-state index contributed by atoms with van der Waals surface area (Å²) in [5, 5.41) is 5.78. The van der Waals surface area contributed by atoms with Gasteiger partial charge in [0.2, 0.25) is 5.95 Å². The van der Waals surface area contributed by atoms with E-state index in [9.17, 15) is 9.18 Å². The predicted molar refractivity (Wildman–Crippen MR) is 116 cm³/mol. The van der Waals surface area contributed by atoms with Crippen molar-refractivity contribution in [2.75, 3.05) is 10.6 Å². The van der Waals surface area contributed by atoms with Crippen LogP contribution in [0, 0.1) is 12.7 Å². The molecule has 6 heteroatoms. The normalized spacial score (nSPS) is 10.5. The van der Waals surface area contributed by atoms with Crippen LogP contribution in [0.5, 0.6) is 0 Å². The van der Waals surface area contributed by atoms with Crippen LogP contribution in [0.15, 0.2) is 85.2 Å². The Kier molecular flexibility index (Phi) is 5.48. The summed E-state index contributed by atoms with van der Waals surface area (Å²) >= 11 is 0. The number of amides is 1. The number of carbonyl (C=O) groups excluding carboxylic acids is 1. The minimum Gasteiger partial charge on any atom is -0.324 e. The van der Waals surface area contributed by atoms with Gasteiger partial charge in [0, 0.05) is 34.9 Å². The van der Waals surface area contributed by atoms with Gasteiger partial charge < -0.3 is 10.6 Å². The van der Waals surface area contributed by atoms with Crippen molar-refractivity contribution in [3.05, 3.63) is 102 Å². The van der Waals surface area contributed by atoms with E-state index < -0.39 is 5.82 Å². The minimum absolute atomic E-state index is 0.333. The lowest BCUT2D eigenvalue weighted by Gasteiger charge is -2.09. The fraction of sp³-hybridized carbons (Fsp3) is 0.0417. The zero-order chi connectivity index (χ0) is 20.9. The Labute approximate surface area is 173 Å². The van der Waals surface area contributed by atoms with E-state index in [2.05, 4.69) is 26.7 Å². The first-order chi connectivity index (χ1) is 14.6. The predicted octanol–water partition coefficient (Wildman–Crippen LogP) is 5.59. The van der Waals surface area contributed by atoms with E-state index in [1.165, 1.54) is 17.7 Å². The van der Waals surface area contributed by atoms with Crippen LogP contribution < -0.4 is 10.6 Å². The molecule has 1 aromatic heterocycles. The number of nitrogens with zero attached hydrogens (tertiary/aromatic N) is 2. The first-order valence-electron chi connectivity index (χ1n) is 9.40. The van der Waals surface area contributed by atoms with E-state index in [0.717, 1.165) is 11.1 Å². The summed E-state index contributed by atoms with van der Waals surface area (Å²) in [4.78, 5) is 21.2. The van der Waals surface area contributed by atoms with Crippen molar-refractivity contribution < 1.29 is 9.18 Å². The Bertz CT molecular complexity index is 1190. The van der Waals surface area contributed by atoms with Crippen molar-refractivity contribution in [2.24, 2.45) is 0 Å². The molecular weight excluding hydrogens is 379 g/mol. The average Bonchev–Trinajstić information content (AvgIpc) is 2.74. The Hall–Kier alpha value is -4.06. The van der Waals surface area contributed by atoms with E-state index in [0.29, 0.717) is 22.9 Å². The van der Waals surface area contributed by atoms with E-state index >= 15 is 0 Å². The molecule has 1 amide bonds. The molecule has 148 valence electrons. The van der Waals surface area contributed by atoms with Crippen molar-refractivity contribution in [3.63, 3.8) is 0 Å².